The van der Waals surface area contributed by atoms with Gasteiger partial charge in [-0.25, -0.2) is 24.2 Å². The van der Waals surface area contributed by atoms with Gasteiger partial charge in [-0.05, 0) is 118 Å². The molecule has 2 aliphatic rings. The third kappa shape index (κ3) is 38.6. The monoisotopic (exact) mass is 1240 g/mol. The van der Waals surface area contributed by atoms with E-state index >= 15 is 0 Å². The predicted octanol–water partition coefficient (Wildman–Crippen LogP) is 20.0. The second kappa shape index (κ2) is 46.1. The molecule has 0 spiro atoms. The summed E-state index contributed by atoms with van der Waals surface area (Å²) in [6.07, 6.45) is 46.2. The van der Waals surface area contributed by atoms with Crippen molar-refractivity contribution in [2.45, 2.75) is 353 Å². The average molecular weight is 1240 g/mol. The highest BCUT2D eigenvalue weighted by Crippen LogP contribution is 2.47. The number of anilines is 1. The minimum absolute atomic E-state index is 0.0131. The molecule has 6 unspecified atom stereocenters. The Bertz CT molecular complexity index is 2080. The number of carbonyl (C=O) groups is 4. The van der Waals surface area contributed by atoms with Gasteiger partial charge < -0.3 is 35.5 Å². The van der Waals surface area contributed by atoms with Crippen LogP contribution in [0.1, 0.15) is 338 Å². The SMILES string of the molecule is CCCCCCCCCCC(CCCCCCCC)COC(=O)NC1CC(C)(C)CC(C)(CNC(=O)Nc2nc(C)c(C)c(=O)[nH]2)C1.CCCCCCCCCCC(CCCCCCCC)COC(=O)NC1CC(C)(C)CC(C)(CNC(=O)OCCC)C1. The molecule has 15 heteroatoms. The van der Waals surface area contributed by atoms with Gasteiger partial charge in [-0.3, -0.25) is 15.1 Å². The van der Waals surface area contributed by atoms with Crippen molar-refractivity contribution >= 4 is 30.3 Å². The summed E-state index contributed by atoms with van der Waals surface area (Å²) in [5.74, 6) is 1.01. The number of nitrogens with zero attached hydrogens (tertiary/aromatic N) is 1. The van der Waals surface area contributed by atoms with Gasteiger partial charge in [-0.15, -0.1) is 0 Å². The lowest BCUT2D eigenvalue weighted by atomic mass is 9.62. The first kappa shape index (κ1) is 80.1. The normalized spacial score (nSPS) is 20.1. The number of carbonyl (C=O) groups excluding carboxylic acids is 4. The Kier molecular flexibility index (Phi) is 41.9. The first-order valence-electron chi connectivity index (χ1n) is 36.4. The van der Waals surface area contributed by atoms with Crippen LogP contribution in [0.4, 0.5) is 25.1 Å². The maximum atomic E-state index is 13.1. The maximum Gasteiger partial charge on any atom is 0.407 e. The third-order valence-electron chi connectivity index (χ3n) is 18.7. The van der Waals surface area contributed by atoms with E-state index < -0.39 is 6.03 Å². The number of nitrogens with one attached hydrogen (secondary N) is 6. The van der Waals surface area contributed by atoms with Crippen LogP contribution in [0.2, 0.25) is 0 Å². The van der Waals surface area contributed by atoms with E-state index in [1.807, 2.05) is 6.92 Å². The highest BCUT2D eigenvalue weighted by Gasteiger charge is 2.43. The Morgan fingerprint density at radius 2 is 0.830 bits per heavy atom. The van der Waals surface area contributed by atoms with E-state index in [2.05, 4.69) is 106 Å². The van der Waals surface area contributed by atoms with Gasteiger partial charge in [0.1, 0.15) is 0 Å². The fourth-order valence-corrected chi connectivity index (χ4v) is 14.4. The van der Waals surface area contributed by atoms with Crippen LogP contribution < -0.4 is 32.1 Å². The molecule has 0 bridgehead atoms. The number of unbranched alkanes of at least 4 members (excludes halogenated alkanes) is 24. The second-order valence-corrected chi connectivity index (χ2v) is 29.8. The molecule has 0 radical (unpaired) electrons. The molecular weight excluding hydrogens is 1100 g/mol. The van der Waals surface area contributed by atoms with Crippen molar-refractivity contribution in [2.75, 3.05) is 38.2 Å². The molecule has 1 heterocycles. The van der Waals surface area contributed by atoms with E-state index in [1.54, 1.807) is 13.8 Å². The highest BCUT2D eigenvalue weighted by atomic mass is 16.6. The summed E-state index contributed by atoms with van der Waals surface area (Å²) in [4.78, 5) is 69.7. The number of H-pyrrole nitrogens is 1. The molecule has 2 aliphatic carbocycles. The average Bonchev–Trinajstić information content (AvgIpc) is 1.03. The Morgan fingerprint density at radius 1 is 0.477 bits per heavy atom. The number of hydrogen-bond donors (Lipinski definition) is 6. The van der Waals surface area contributed by atoms with Gasteiger partial charge in [-0.2, -0.15) is 0 Å². The molecule has 1 aromatic heterocycles. The van der Waals surface area contributed by atoms with E-state index in [-0.39, 0.29) is 63.5 Å². The van der Waals surface area contributed by atoms with Gasteiger partial charge in [-0.1, -0.05) is 256 Å². The molecule has 0 saturated heterocycles. The standard InChI is InChI=1S/C38H69N5O4.C35H68N2O4/c1-8-10-12-14-16-17-19-21-23-31(22-20-18-15-13-11-9-2)26-47-36(46)41-32-24-37(5,6)27-38(7,25-32)28-39-35(45)43-34-40-30(4)29(3)33(44)42-34;1-7-10-12-14-16-17-19-21-23-30(22-20-18-15-13-11-8-2)27-41-33(39)37-31-25-34(4,5)28-35(6,26-31)29-36-32(38)40-24-9-3/h31-32H,8-28H2,1-7H3,(H,41,46)(H3,39,40,42,43,44,45);30-31H,7-29H2,1-6H3,(H,36,38)(H,37,39). The van der Waals surface area contributed by atoms with Crippen molar-refractivity contribution in [3.63, 3.8) is 0 Å². The molecule has 0 aromatic carbocycles. The van der Waals surface area contributed by atoms with Gasteiger partial charge in [0.05, 0.1) is 19.8 Å². The van der Waals surface area contributed by atoms with Crippen LogP contribution in [-0.2, 0) is 14.2 Å². The minimum atomic E-state index is -0.419. The molecular formula is C73H137N7O8. The molecule has 6 N–H and O–H groups in total. The zero-order valence-electron chi connectivity index (χ0n) is 59.1. The zero-order chi connectivity index (χ0) is 65.1. The smallest absolute Gasteiger partial charge is 0.407 e. The van der Waals surface area contributed by atoms with Crippen LogP contribution in [-0.4, -0.2) is 79.3 Å². The number of urea groups is 1. The summed E-state index contributed by atoms with van der Waals surface area (Å²) < 4.78 is 17.0. The largest absolute Gasteiger partial charge is 0.450 e. The lowest BCUT2D eigenvalue weighted by molar-refractivity contribution is 0.0595. The van der Waals surface area contributed by atoms with Gasteiger partial charge in [0.15, 0.2) is 0 Å². The van der Waals surface area contributed by atoms with Crippen LogP contribution in [0, 0.1) is 47.3 Å². The third-order valence-corrected chi connectivity index (χ3v) is 18.7. The molecule has 1 aromatic rings. The number of aromatic amines is 1. The lowest BCUT2D eigenvalue weighted by Crippen LogP contribution is -2.51. The number of amides is 5. The van der Waals surface area contributed by atoms with Crippen LogP contribution in [0.25, 0.3) is 0 Å². The van der Waals surface area contributed by atoms with Crippen molar-refractivity contribution in [1.82, 2.24) is 31.2 Å². The Morgan fingerprint density at radius 3 is 1.18 bits per heavy atom. The molecule has 3 rings (SSSR count). The lowest BCUT2D eigenvalue weighted by Gasteiger charge is -2.46. The Hall–Kier alpha value is -4.04. The fraction of sp³-hybridized carbons (Fsp3) is 0.890. The van der Waals surface area contributed by atoms with Gasteiger partial charge >= 0.3 is 24.3 Å². The molecule has 15 nitrogen and oxygen atoms in total. The van der Waals surface area contributed by atoms with E-state index in [9.17, 15) is 24.0 Å². The van der Waals surface area contributed by atoms with Gasteiger partial charge in [0, 0.05) is 36.4 Å². The summed E-state index contributed by atoms with van der Waals surface area (Å²) in [5.41, 5.74) is 0.558. The molecule has 2 fully saturated rings. The zero-order valence-corrected chi connectivity index (χ0v) is 59.1. The van der Waals surface area contributed by atoms with E-state index in [1.165, 1.54) is 180 Å². The molecule has 2 saturated carbocycles. The topological polar surface area (TPSA) is 202 Å². The molecule has 512 valence electrons. The quantitative estimate of drug-likeness (QED) is 0.0271. The first-order chi connectivity index (χ1) is 42.0. The fourth-order valence-electron chi connectivity index (χ4n) is 14.4. The van der Waals surface area contributed by atoms with Crippen molar-refractivity contribution < 1.29 is 33.4 Å². The van der Waals surface area contributed by atoms with Gasteiger partial charge in [0.2, 0.25) is 5.95 Å². The Labute approximate surface area is 538 Å². The summed E-state index contributed by atoms with van der Waals surface area (Å²) in [6, 6.07) is -0.420. The summed E-state index contributed by atoms with van der Waals surface area (Å²) in [5, 5.41) is 14.9. The molecule has 5 amide bonds. The number of aromatic nitrogens is 2. The van der Waals surface area contributed by atoms with Crippen molar-refractivity contribution in [3.8, 4) is 0 Å². The summed E-state index contributed by atoms with van der Waals surface area (Å²) in [7, 11) is 0. The number of alkyl carbamates (subject to hydrolysis) is 3. The number of rotatable bonds is 45. The van der Waals surface area contributed by atoms with E-state index in [4.69, 9.17) is 14.2 Å². The second-order valence-electron chi connectivity index (χ2n) is 29.8. The van der Waals surface area contributed by atoms with E-state index in [0.717, 1.165) is 70.6 Å². The minimum Gasteiger partial charge on any atom is -0.450 e. The van der Waals surface area contributed by atoms with Crippen LogP contribution in [0.5, 0.6) is 0 Å². The van der Waals surface area contributed by atoms with Crippen LogP contribution in [0.15, 0.2) is 4.79 Å². The Balaban J connectivity index is 0.000000606. The summed E-state index contributed by atoms with van der Waals surface area (Å²) in [6.45, 7) is 30.2. The number of hydrogen-bond acceptors (Lipinski definition) is 9. The highest BCUT2D eigenvalue weighted by molar-refractivity contribution is 5.87. The van der Waals surface area contributed by atoms with Crippen molar-refractivity contribution in [3.05, 3.63) is 21.6 Å². The molecule has 88 heavy (non-hydrogen) atoms. The van der Waals surface area contributed by atoms with Crippen LogP contribution in [0.3, 0.4) is 0 Å². The van der Waals surface area contributed by atoms with Crippen molar-refractivity contribution in [1.29, 1.82) is 0 Å². The van der Waals surface area contributed by atoms with Crippen molar-refractivity contribution in [2.24, 2.45) is 33.5 Å². The van der Waals surface area contributed by atoms with E-state index in [0.29, 0.717) is 56.0 Å². The molecule has 0 aliphatic heterocycles. The first-order valence-corrected chi connectivity index (χ1v) is 36.4. The summed E-state index contributed by atoms with van der Waals surface area (Å²) >= 11 is 0. The number of aryl methyl sites for hydroxylation is 1. The van der Waals surface area contributed by atoms with Gasteiger partial charge in [0.25, 0.3) is 5.56 Å². The molecule has 6 atom stereocenters. The predicted molar refractivity (Wildman–Crippen MR) is 366 cm³/mol. The maximum absolute atomic E-state index is 13.1. The van der Waals surface area contributed by atoms with Crippen LogP contribution >= 0.6 is 0 Å². The number of ether oxygens (including phenoxy) is 3.